The van der Waals surface area contributed by atoms with Crippen LogP contribution in [0, 0.1) is 13.8 Å². The second-order valence-electron chi connectivity index (χ2n) is 6.95. The van der Waals surface area contributed by atoms with Gasteiger partial charge >= 0.3 is 0 Å². The minimum atomic E-state index is -3.62. The van der Waals surface area contributed by atoms with Gasteiger partial charge in [0.15, 0.2) is 0 Å². The number of nitrogens with zero attached hydrogens (tertiary/aromatic N) is 2. The van der Waals surface area contributed by atoms with E-state index in [-0.39, 0.29) is 5.91 Å². The molecule has 0 unspecified atom stereocenters. The van der Waals surface area contributed by atoms with Crippen molar-refractivity contribution in [3.8, 4) is 0 Å². The maximum atomic E-state index is 13.2. The molecule has 0 spiro atoms. The molecule has 0 aliphatic carbocycles. The molecule has 0 N–H and O–H groups in total. The predicted molar refractivity (Wildman–Crippen MR) is 105 cm³/mol. The van der Waals surface area contributed by atoms with E-state index in [1.807, 2.05) is 44.2 Å². The topological polar surface area (TPSA) is 57.7 Å². The molecule has 26 heavy (non-hydrogen) atoms. The highest BCUT2D eigenvalue weighted by atomic mass is 32.2. The summed E-state index contributed by atoms with van der Waals surface area (Å²) in [5.41, 5.74) is 4.43. The van der Waals surface area contributed by atoms with E-state index in [2.05, 4.69) is 0 Å². The summed E-state index contributed by atoms with van der Waals surface area (Å²) in [5, 5.41) is 0. The quantitative estimate of drug-likeness (QED) is 0.829. The Kier molecular flexibility index (Phi) is 4.80. The zero-order valence-corrected chi connectivity index (χ0v) is 16.4. The van der Waals surface area contributed by atoms with Crippen molar-refractivity contribution in [1.29, 1.82) is 0 Å². The molecule has 5 nitrogen and oxygen atoms in total. The van der Waals surface area contributed by atoms with Crippen molar-refractivity contribution in [3.63, 3.8) is 0 Å². The van der Waals surface area contributed by atoms with Crippen LogP contribution in [0.1, 0.15) is 23.6 Å². The zero-order valence-electron chi connectivity index (χ0n) is 15.6. The number of rotatable bonds is 4. The van der Waals surface area contributed by atoms with Gasteiger partial charge in [0.2, 0.25) is 10.0 Å². The van der Waals surface area contributed by atoms with E-state index >= 15 is 0 Å². The number of anilines is 2. The summed E-state index contributed by atoms with van der Waals surface area (Å²) in [6, 6.07) is 12.5. The SMILES string of the molecule is Cc1cc(C)cc(N([C@H](C)C(=O)N2CCc3ccccc32)S(C)(=O)=O)c1. The van der Waals surface area contributed by atoms with E-state index in [0.717, 1.165) is 35.1 Å². The smallest absolute Gasteiger partial charge is 0.250 e. The molecule has 2 aromatic carbocycles. The Hall–Kier alpha value is -2.34. The predicted octanol–water partition coefficient (Wildman–Crippen LogP) is 3.05. The Bertz CT molecular complexity index is 933. The number of amides is 1. The van der Waals surface area contributed by atoms with Crippen molar-refractivity contribution in [2.45, 2.75) is 33.2 Å². The zero-order chi connectivity index (χ0) is 19.1. The first-order valence-electron chi connectivity index (χ1n) is 8.65. The lowest BCUT2D eigenvalue weighted by atomic mass is 10.1. The molecule has 2 aromatic rings. The van der Waals surface area contributed by atoms with Gasteiger partial charge in [-0.05, 0) is 62.1 Å². The van der Waals surface area contributed by atoms with Crippen molar-refractivity contribution in [2.75, 3.05) is 22.0 Å². The van der Waals surface area contributed by atoms with E-state index in [1.54, 1.807) is 24.0 Å². The average molecular weight is 372 g/mol. The maximum absolute atomic E-state index is 13.2. The van der Waals surface area contributed by atoms with Crippen LogP contribution in [0.3, 0.4) is 0 Å². The van der Waals surface area contributed by atoms with Crippen LogP contribution < -0.4 is 9.21 Å². The number of benzene rings is 2. The number of carbonyl (C=O) groups excluding carboxylic acids is 1. The van der Waals surface area contributed by atoms with E-state index in [4.69, 9.17) is 0 Å². The highest BCUT2D eigenvalue weighted by molar-refractivity contribution is 7.92. The first-order valence-corrected chi connectivity index (χ1v) is 10.5. The first kappa shape index (κ1) is 18.5. The van der Waals surface area contributed by atoms with Gasteiger partial charge in [-0.3, -0.25) is 9.10 Å². The molecule has 0 saturated heterocycles. The van der Waals surface area contributed by atoms with Gasteiger partial charge in [0.1, 0.15) is 6.04 Å². The lowest BCUT2D eigenvalue weighted by molar-refractivity contribution is -0.119. The number of fused-ring (bicyclic) bond motifs is 1. The van der Waals surface area contributed by atoms with Crippen molar-refractivity contribution >= 4 is 27.3 Å². The number of carbonyl (C=O) groups is 1. The molecule has 0 saturated carbocycles. The molecule has 6 heteroatoms. The standard InChI is InChI=1S/C20H24N2O3S/c1-14-11-15(2)13-18(12-14)22(26(4,24)25)16(3)20(23)21-10-9-17-7-5-6-8-19(17)21/h5-8,11-13,16H,9-10H2,1-4H3/t16-/m1/s1. The van der Waals surface area contributed by atoms with Gasteiger partial charge in [-0.15, -0.1) is 0 Å². The normalized spacial score (nSPS) is 14.8. The summed E-state index contributed by atoms with van der Waals surface area (Å²) < 4.78 is 26.3. The van der Waals surface area contributed by atoms with Crippen LogP contribution in [0.5, 0.6) is 0 Å². The molecular weight excluding hydrogens is 348 g/mol. The first-order chi connectivity index (χ1) is 12.2. The van der Waals surface area contributed by atoms with Gasteiger partial charge in [-0.25, -0.2) is 8.42 Å². The van der Waals surface area contributed by atoms with Crippen molar-refractivity contribution in [3.05, 3.63) is 59.2 Å². The molecule has 0 bridgehead atoms. The molecule has 1 aliphatic rings. The summed E-state index contributed by atoms with van der Waals surface area (Å²) in [6.45, 7) is 6.06. The van der Waals surface area contributed by atoms with Crippen molar-refractivity contribution in [1.82, 2.24) is 0 Å². The lowest BCUT2D eigenvalue weighted by Gasteiger charge is -2.31. The van der Waals surface area contributed by atoms with Crippen LogP contribution in [-0.2, 0) is 21.2 Å². The highest BCUT2D eigenvalue weighted by Gasteiger charge is 2.35. The van der Waals surface area contributed by atoms with Gasteiger partial charge in [-0.2, -0.15) is 0 Å². The van der Waals surface area contributed by atoms with Crippen LogP contribution in [-0.4, -0.2) is 33.2 Å². The molecule has 1 heterocycles. The van der Waals surface area contributed by atoms with Crippen molar-refractivity contribution in [2.24, 2.45) is 0 Å². The van der Waals surface area contributed by atoms with Gasteiger partial charge in [0, 0.05) is 12.2 Å². The summed E-state index contributed by atoms with van der Waals surface area (Å²) in [7, 11) is -3.62. The molecule has 1 amide bonds. The van der Waals surface area contributed by atoms with Crippen LogP contribution in [0.2, 0.25) is 0 Å². The van der Waals surface area contributed by atoms with E-state index in [9.17, 15) is 13.2 Å². The van der Waals surface area contributed by atoms with Crippen LogP contribution in [0.15, 0.2) is 42.5 Å². The number of sulfonamides is 1. The van der Waals surface area contributed by atoms with E-state index in [1.165, 1.54) is 4.31 Å². The second-order valence-corrected chi connectivity index (χ2v) is 8.81. The number of hydrogen-bond acceptors (Lipinski definition) is 3. The Balaban J connectivity index is 1.99. The van der Waals surface area contributed by atoms with Crippen LogP contribution >= 0.6 is 0 Å². The molecule has 0 radical (unpaired) electrons. The fraction of sp³-hybridized carbons (Fsp3) is 0.350. The minimum Gasteiger partial charge on any atom is -0.310 e. The van der Waals surface area contributed by atoms with E-state index in [0.29, 0.717) is 12.2 Å². The minimum absolute atomic E-state index is 0.209. The second kappa shape index (κ2) is 6.76. The Morgan fingerprint density at radius 1 is 1.12 bits per heavy atom. The summed E-state index contributed by atoms with van der Waals surface area (Å²) in [5.74, 6) is -0.209. The number of hydrogen-bond donors (Lipinski definition) is 0. The third kappa shape index (κ3) is 3.46. The Morgan fingerprint density at radius 2 is 1.73 bits per heavy atom. The molecule has 138 valence electrons. The molecule has 3 rings (SSSR count). The number of aryl methyl sites for hydroxylation is 2. The largest absolute Gasteiger partial charge is 0.310 e. The molecule has 0 fully saturated rings. The average Bonchev–Trinajstić information content (AvgIpc) is 2.96. The monoisotopic (exact) mass is 372 g/mol. The molecule has 0 aromatic heterocycles. The van der Waals surface area contributed by atoms with Crippen LogP contribution in [0.25, 0.3) is 0 Å². The van der Waals surface area contributed by atoms with Gasteiger partial charge in [0.25, 0.3) is 5.91 Å². The third-order valence-corrected chi connectivity index (χ3v) is 5.92. The summed E-state index contributed by atoms with van der Waals surface area (Å²) >= 11 is 0. The van der Waals surface area contributed by atoms with Gasteiger partial charge in [0.05, 0.1) is 11.9 Å². The van der Waals surface area contributed by atoms with Crippen molar-refractivity contribution < 1.29 is 13.2 Å². The molecule has 1 atom stereocenters. The fourth-order valence-electron chi connectivity index (χ4n) is 3.67. The summed E-state index contributed by atoms with van der Waals surface area (Å²) in [4.78, 5) is 14.9. The fourth-order valence-corrected chi connectivity index (χ4v) is 4.83. The highest BCUT2D eigenvalue weighted by Crippen LogP contribution is 2.30. The number of para-hydroxylation sites is 1. The van der Waals surface area contributed by atoms with E-state index < -0.39 is 16.1 Å². The van der Waals surface area contributed by atoms with Gasteiger partial charge < -0.3 is 4.90 Å². The van der Waals surface area contributed by atoms with Crippen LogP contribution in [0.4, 0.5) is 11.4 Å². The molecular formula is C20H24N2O3S. The lowest BCUT2D eigenvalue weighted by Crippen LogP contribution is -2.49. The molecule has 1 aliphatic heterocycles. The summed E-state index contributed by atoms with van der Waals surface area (Å²) in [6.07, 6.45) is 1.93. The maximum Gasteiger partial charge on any atom is 0.250 e. The third-order valence-electron chi connectivity index (χ3n) is 4.68. The Morgan fingerprint density at radius 3 is 2.35 bits per heavy atom. The Labute approximate surface area is 155 Å². The van der Waals surface area contributed by atoms with Gasteiger partial charge in [-0.1, -0.05) is 24.3 Å².